The number of hydrogen-bond donors (Lipinski definition) is 0. The molecule has 138 valence electrons. The van der Waals surface area contributed by atoms with Crippen LogP contribution in [0.1, 0.15) is 36.6 Å². The fourth-order valence-corrected chi connectivity index (χ4v) is 3.19. The van der Waals surface area contributed by atoms with Crippen LogP contribution in [-0.4, -0.2) is 39.7 Å². The molecule has 11 heteroatoms. The number of ether oxygens (including phenoxy) is 1. The number of aromatic nitrogens is 8. The molecule has 27 heavy (non-hydrogen) atoms. The summed E-state index contributed by atoms with van der Waals surface area (Å²) in [5.74, 6) is 2.09. The fourth-order valence-electron chi connectivity index (χ4n) is 3.06. The largest absolute Gasteiger partial charge is 0.468 e. The monoisotopic (exact) mass is 386 g/mol. The van der Waals surface area contributed by atoms with Gasteiger partial charge >= 0.3 is 0 Å². The third-order valence-corrected chi connectivity index (χ3v) is 4.96. The molecule has 0 atom stereocenters. The molecule has 0 amide bonds. The summed E-state index contributed by atoms with van der Waals surface area (Å²) < 4.78 is 14.2. The first-order valence-corrected chi connectivity index (χ1v) is 8.91. The van der Waals surface area contributed by atoms with Crippen molar-refractivity contribution in [2.24, 2.45) is 7.05 Å². The first-order chi connectivity index (χ1) is 13.2. The predicted octanol–water partition coefficient (Wildman–Crippen LogP) is 2.41. The predicted molar refractivity (Wildman–Crippen MR) is 93.2 cm³/mol. The Hall–Kier alpha value is -3.01. The molecule has 0 spiro atoms. The lowest BCUT2D eigenvalue weighted by Gasteiger charge is -2.26. The van der Waals surface area contributed by atoms with Crippen LogP contribution in [0, 0.1) is 0 Å². The average molecular weight is 387 g/mol. The third-order valence-electron chi connectivity index (χ3n) is 4.79. The van der Waals surface area contributed by atoms with E-state index in [1.807, 2.05) is 13.1 Å². The van der Waals surface area contributed by atoms with Crippen LogP contribution in [-0.2, 0) is 13.7 Å². The quantitative estimate of drug-likeness (QED) is 0.514. The molecule has 1 aliphatic carbocycles. The smallest absolute Gasteiger partial charge is 0.235 e. The highest BCUT2D eigenvalue weighted by Crippen LogP contribution is 2.40. The SMILES string of the molecule is Cn1ncnc1COc1nn2c(-c3cc(Cl)on3)nnc2cc1C1CCC1. The van der Waals surface area contributed by atoms with E-state index < -0.39 is 0 Å². The zero-order valence-corrected chi connectivity index (χ0v) is 15.2. The van der Waals surface area contributed by atoms with Crippen LogP contribution in [0.25, 0.3) is 17.2 Å². The Labute approximate surface area is 158 Å². The lowest BCUT2D eigenvalue weighted by atomic mass is 9.80. The number of rotatable bonds is 5. The standard InChI is InChI=1S/C16H15ClN8O2/c1-24-14(18-8-19-24)7-26-16-10(9-3-2-4-9)5-13-20-21-15(25(13)22-16)11-6-12(17)27-23-11/h5-6,8-9H,2-4,7H2,1H3. The zero-order valence-electron chi connectivity index (χ0n) is 14.4. The van der Waals surface area contributed by atoms with Gasteiger partial charge in [0.15, 0.2) is 17.2 Å². The molecule has 0 aliphatic heterocycles. The maximum Gasteiger partial charge on any atom is 0.235 e. The van der Waals surface area contributed by atoms with Crippen LogP contribution in [0.5, 0.6) is 5.88 Å². The van der Waals surface area contributed by atoms with Gasteiger partial charge in [0, 0.05) is 18.7 Å². The molecule has 4 aromatic rings. The van der Waals surface area contributed by atoms with E-state index in [0.717, 1.165) is 18.4 Å². The van der Waals surface area contributed by atoms with Crippen LogP contribution < -0.4 is 4.74 Å². The molecular weight excluding hydrogens is 372 g/mol. The Morgan fingerprint density at radius 2 is 2.19 bits per heavy atom. The molecule has 4 aromatic heterocycles. The van der Waals surface area contributed by atoms with E-state index in [4.69, 9.17) is 20.9 Å². The zero-order chi connectivity index (χ0) is 18.4. The number of hydrogen-bond acceptors (Lipinski definition) is 8. The summed E-state index contributed by atoms with van der Waals surface area (Å²) in [6, 6.07) is 3.54. The summed E-state index contributed by atoms with van der Waals surface area (Å²) >= 11 is 5.83. The van der Waals surface area contributed by atoms with Crippen molar-refractivity contribution in [2.45, 2.75) is 31.8 Å². The molecule has 1 aliphatic rings. The van der Waals surface area contributed by atoms with Gasteiger partial charge in [0.2, 0.25) is 16.9 Å². The Morgan fingerprint density at radius 3 is 2.85 bits per heavy atom. The minimum Gasteiger partial charge on any atom is -0.468 e. The van der Waals surface area contributed by atoms with Crippen molar-refractivity contribution in [1.82, 2.24) is 39.7 Å². The molecule has 1 saturated carbocycles. The van der Waals surface area contributed by atoms with Crippen molar-refractivity contribution in [2.75, 3.05) is 0 Å². The van der Waals surface area contributed by atoms with Gasteiger partial charge in [0.25, 0.3) is 0 Å². The normalized spacial score (nSPS) is 14.6. The molecule has 0 aromatic carbocycles. The van der Waals surface area contributed by atoms with Crippen molar-refractivity contribution >= 4 is 17.2 Å². The van der Waals surface area contributed by atoms with E-state index >= 15 is 0 Å². The van der Waals surface area contributed by atoms with Gasteiger partial charge in [-0.2, -0.15) is 9.61 Å². The van der Waals surface area contributed by atoms with Crippen LogP contribution in [0.4, 0.5) is 0 Å². The summed E-state index contributed by atoms with van der Waals surface area (Å²) in [5.41, 5.74) is 2.11. The Bertz CT molecular complexity index is 1110. The highest BCUT2D eigenvalue weighted by Gasteiger charge is 2.26. The van der Waals surface area contributed by atoms with E-state index in [2.05, 4.69) is 30.5 Å². The van der Waals surface area contributed by atoms with Crippen molar-refractivity contribution in [3.63, 3.8) is 0 Å². The first kappa shape index (κ1) is 16.2. The van der Waals surface area contributed by atoms with Crippen LogP contribution in [0.2, 0.25) is 5.22 Å². The molecule has 0 N–H and O–H groups in total. The molecule has 10 nitrogen and oxygen atoms in total. The minimum absolute atomic E-state index is 0.173. The number of fused-ring (bicyclic) bond motifs is 1. The van der Waals surface area contributed by atoms with Gasteiger partial charge in [0.05, 0.1) is 0 Å². The molecule has 0 saturated heterocycles. The minimum atomic E-state index is 0.173. The maximum atomic E-state index is 6.01. The van der Waals surface area contributed by atoms with Crippen molar-refractivity contribution in [3.8, 4) is 17.4 Å². The average Bonchev–Trinajstić information content (AvgIpc) is 3.31. The molecule has 5 rings (SSSR count). The Morgan fingerprint density at radius 1 is 1.30 bits per heavy atom. The third kappa shape index (κ3) is 2.81. The topological polar surface area (TPSA) is 109 Å². The van der Waals surface area contributed by atoms with Crippen LogP contribution in [0.3, 0.4) is 0 Å². The molecule has 0 bridgehead atoms. The second kappa shape index (κ2) is 6.31. The summed E-state index contributed by atoms with van der Waals surface area (Å²) in [6.45, 7) is 0.266. The van der Waals surface area contributed by atoms with E-state index in [9.17, 15) is 0 Å². The molecule has 0 unspecified atom stereocenters. The van der Waals surface area contributed by atoms with Crippen molar-refractivity contribution < 1.29 is 9.26 Å². The second-order valence-electron chi connectivity index (χ2n) is 6.43. The van der Waals surface area contributed by atoms with Crippen LogP contribution in [0.15, 0.2) is 23.0 Å². The van der Waals surface area contributed by atoms with Gasteiger partial charge in [-0.25, -0.2) is 4.98 Å². The molecule has 0 radical (unpaired) electrons. The van der Waals surface area contributed by atoms with Gasteiger partial charge in [-0.3, -0.25) is 4.68 Å². The van der Waals surface area contributed by atoms with Gasteiger partial charge < -0.3 is 9.26 Å². The summed E-state index contributed by atoms with van der Waals surface area (Å²) in [6.07, 6.45) is 4.92. The first-order valence-electron chi connectivity index (χ1n) is 8.53. The van der Waals surface area contributed by atoms with Gasteiger partial charge in [-0.1, -0.05) is 11.6 Å². The van der Waals surface area contributed by atoms with Crippen molar-refractivity contribution in [3.05, 3.63) is 35.1 Å². The van der Waals surface area contributed by atoms with Crippen molar-refractivity contribution in [1.29, 1.82) is 0 Å². The van der Waals surface area contributed by atoms with Gasteiger partial charge in [0.1, 0.15) is 12.9 Å². The Kier molecular flexibility index (Phi) is 3.78. The van der Waals surface area contributed by atoms with Gasteiger partial charge in [-0.15, -0.1) is 15.3 Å². The molecule has 1 fully saturated rings. The fraction of sp³-hybridized carbons (Fsp3) is 0.375. The van der Waals surface area contributed by atoms with E-state index in [0.29, 0.717) is 34.8 Å². The van der Waals surface area contributed by atoms with Crippen LogP contribution >= 0.6 is 11.6 Å². The number of nitrogens with zero attached hydrogens (tertiary/aromatic N) is 8. The highest BCUT2D eigenvalue weighted by molar-refractivity contribution is 6.29. The summed E-state index contributed by atoms with van der Waals surface area (Å²) in [4.78, 5) is 4.19. The lowest BCUT2D eigenvalue weighted by Crippen LogP contribution is -2.14. The second-order valence-corrected chi connectivity index (χ2v) is 6.80. The number of aryl methyl sites for hydroxylation is 1. The maximum absolute atomic E-state index is 6.01. The van der Waals surface area contributed by atoms with E-state index in [1.54, 1.807) is 15.3 Å². The molecular formula is C16H15ClN8O2. The summed E-state index contributed by atoms with van der Waals surface area (Å²) in [5, 5.41) is 21.2. The molecule has 4 heterocycles. The Balaban J connectivity index is 1.56. The van der Waals surface area contributed by atoms with E-state index in [1.165, 1.54) is 12.7 Å². The highest BCUT2D eigenvalue weighted by atomic mass is 35.5. The lowest BCUT2D eigenvalue weighted by molar-refractivity contribution is 0.263. The summed E-state index contributed by atoms with van der Waals surface area (Å²) in [7, 11) is 1.82. The van der Waals surface area contributed by atoms with E-state index in [-0.39, 0.29) is 11.8 Å². The number of halogens is 1. The van der Waals surface area contributed by atoms with Gasteiger partial charge in [-0.05, 0) is 36.4 Å².